The summed E-state index contributed by atoms with van der Waals surface area (Å²) >= 11 is 0. The Morgan fingerprint density at radius 3 is 2.71 bits per heavy atom. The highest BCUT2D eigenvalue weighted by molar-refractivity contribution is 7.89. The van der Waals surface area contributed by atoms with Crippen LogP contribution in [0.3, 0.4) is 0 Å². The lowest BCUT2D eigenvalue weighted by molar-refractivity contribution is 0.343. The molecule has 0 aromatic carbocycles. The summed E-state index contributed by atoms with van der Waals surface area (Å²) in [6.07, 6.45) is 1.94. The van der Waals surface area contributed by atoms with Gasteiger partial charge in [0.15, 0.2) is 0 Å². The summed E-state index contributed by atoms with van der Waals surface area (Å²) in [7, 11) is 0.697. The lowest BCUT2D eigenvalue weighted by atomic mass is 10.2. The molecule has 0 spiro atoms. The topological polar surface area (TPSA) is 52.7 Å². The standard InChI is InChI=1S/C11H23N3O2S/c1-13-6-4-11(8-13)14(2)17(15,16)9-10-3-5-12-7-10/h10-12H,3-9H2,1-2H3. The number of nitrogens with zero attached hydrogens (tertiary/aromatic N) is 2. The van der Waals surface area contributed by atoms with Crippen molar-refractivity contribution < 1.29 is 8.42 Å². The van der Waals surface area contributed by atoms with Gasteiger partial charge in [0, 0.05) is 19.6 Å². The molecule has 100 valence electrons. The molecule has 2 rings (SSSR count). The second-order valence-corrected chi connectivity index (χ2v) is 7.43. The first kappa shape index (κ1) is 13.3. The average Bonchev–Trinajstić information content (AvgIpc) is 2.88. The highest BCUT2D eigenvalue weighted by Gasteiger charge is 2.32. The van der Waals surface area contributed by atoms with Crippen molar-refractivity contribution in [2.45, 2.75) is 18.9 Å². The van der Waals surface area contributed by atoms with Crippen LogP contribution in [0.1, 0.15) is 12.8 Å². The van der Waals surface area contributed by atoms with Crippen molar-refractivity contribution in [2.75, 3.05) is 46.0 Å². The van der Waals surface area contributed by atoms with Crippen LogP contribution in [0.25, 0.3) is 0 Å². The van der Waals surface area contributed by atoms with Gasteiger partial charge >= 0.3 is 0 Å². The molecular weight excluding hydrogens is 238 g/mol. The molecule has 2 aliphatic rings. The Labute approximate surface area is 104 Å². The lowest BCUT2D eigenvalue weighted by Gasteiger charge is -2.25. The molecule has 17 heavy (non-hydrogen) atoms. The van der Waals surface area contributed by atoms with Gasteiger partial charge in [-0.2, -0.15) is 0 Å². The highest BCUT2D eigenvalue weighted by atomic mass is 32.2. The molecule has 1 N–H and O–H groups in total. The van der Waals surface area contributed by atoms with Crippen LogP contribution >= 0.6 is 0 Å². The van der Waals surface area contributed by atoms with Gasteiger partial charge in [0.2, 0.25) is 10.0 Å². The predicted molar refractivity (Wildman–Crippen MR) is 68.4 cm³/mol. The van der Waals surface area contributed by atoms with Crippen molar-refractivity contribution in [3.63, 3.8) is 0 Å². The highest BCUT2D eigenvalue weighted by Crippen LogP contribution is 2.19. The molecule has 0 amide bonds. The van der Waals surface area contributed by atoms with Crippen LogP contribution in [-0.4, -0.2) is 69.7 Å². The van der Waals surface area contributed by atoms with Crippen LogP contribution in [0, 0.1) is 5.92 Å². The summed E-state index contributed by atoms with van der Waals surface area (Å²) in [6, 6.07) is 0.166. The van der Waals surface area contributed by atoms with E-state index < -0.39 is 10.0 Å². The van der Waals surface area contributed by atoms with E-state index in [9.17, 15) is 8.42 Å². The Bertz CT molecular complexity index is 352. The zero-order valence-electron chi connectivity index (χ0n) is 10.7. The van der Waals surface area contributed by atoms with E-state index in [-0.39, 0.29) is 6.04 Å². The molecule has 2 aliphatic heterocycles. The number of rotatable bonds is 4. The maximum absolute atomic E-state index is 12.3. The molecule has 2 fully saturated rings. The average molecular weight is 261 g/mol. The Kier molecular flexibility index (Phi) is 4.07. The monoisotopic (exact) mass is 261 g/mol. The second kappa shape index (κ2) is 5.22. The molecule has 0 radical (unpaired) electrons. The van der Waals surface area contributed by atoms with Crippen LogP contribution in [-0.2, 0) is 10.0 Å². The van der Waals surface area contributed by atoms with E-state index in [1.165, 1.54) is 0 Å². The van der Waals surface area contributed by atoms with Crippen LogP contribution in [0.4, 0.5) is 0 Å². The van der Waals surface area contributed by atoms with Gasteiger partial charge < -0.3 is 10.2 Å². The zero-order chi connectivity index (χ0) is 12.5. The Balaban J connectivity index is 1.94. The summed E-state index contributed by atoms with van der Waals surface area (Å²) in [6.45, 7) is 3.65. The van der Waals surface area contributed by atoms with Gasteiger partial charge in [-0.25, -0.2) is 12.7 Å². The zero-order valence-corrected chi connectivity index (χ0v) is 11.5. The molecule has 0 saturated carbocycles. The molecule has 0 bridgehead atoms. The third-order valence-electron chi connectivity index (χ3n) is 3.93. The minimum Gasteiger partial charge on any atom is -0.316 e. The van der Waals surface area contributed by atoms with Crippen LogP contribution in [0.2, 0.25) is 0 Å². The summed E-state index contributed by atoms with van der Waals surface area (Å²) in [4.78, 5) is 2.19. The number of sulfonamides is 1. The van der Waals surface area contributed by atoms with Gasteiger partial charge in [-0.05, 0) is 45.4 Å². The molecule has 2 saturated heterocycles. The van der Waals surface area contributed by atoms with Crippen molar-refractivity contribution >= 4 is 10.0 Å². The molecular formula is C11H23N3O2S. The predicted octanol–water partition coefficient (Wildman–Crippen LogP) is -0.438. The van der Waals surface area contributed by atoms with E-state index in [1.54, 1.807) is 11.4 Å². The van der Waals surface area contributed by atoms with E-state index in [0.29, 0.717) is 11.7 Å². The van der Waals surface area contributed by atoms with Gasteiger partial charge in [-0.15, -0.1) is 0 Å². The number of likely N-dealkylation sites (tertiary alicyclic amines) is 1. The fraction of sp³-hybridized carbons (Fsp3) is 1.00. The van der Waals surface area contributed by atoms with Gasteiger partial charge in [0.1, 0.15) is 0 Å². The number of likely N-dealkylation sites (N-methyl/N-ethyl adjacent to an activating group) is 2. The SMILES string of the molecule is CN1CCC(N(C)S(=O)(=O)CC2CCNC2)C1. The normalized spacial score (nSPS) is 31.5. The summed E-state index contributed by atoms with van der Waals surface area (Å²) in [5, 5.41) is 3.22. The van der Waals surface area contributed by atoms with E-state index in [4.69, 9.17) is 0 Å². The smallest absolute Gasteiger partial charge is 0.214 e. The summed E-state index contributed by atoms with van der Waals surface area (Å²) in [5.74, 6) is 0.595. The fourth-order valence-corrected chi connectivity index (χ4v) is 4.45. The van der Waals surface area contributed by atoms with E-state index in [0.717, 1.165) is 39.0 Å². The Morgan fingerprint density at radius 1 is 1.41 bits per heavy atom. The third kappa shape index (κ3) is 3.19. The van der Waals surface area contributed by atoms with Gasteiger partial charge in [-0.1, -0.05) is 0 Å². The first-order valence-corrected chi connectivity index (χ1v) is 7.95. The van der Waals surface area contributed by atoms with Gasteiger partial charge in [0.25, 0.3) is 0 Å². The van der Waals surface area contributed by atoms with E-state index in [2.05, 4.69) is 10.2 Å². The lowest BCUT2D eigenvalue weighted by Crippen LogP contribution is -2.41. The number of hydrogen-bond donors (Lipinski definition) is 1. The van der Waals surface area contributed by atoms with E-state index in [1.807, 2.05) is 7.05 Å². The van der Waals surface area contributed by atoms with Crippen molar-refractivity contribution in [3.05, 3.63) is 0 Å². The molecule has 0 aromatic rings. The molecule has 2 unspecified atom stereocenters. The largest absolute Gasteiger partial charge is 0.316 e. The maximum Gasteiger partial charge on any atom is 0.214 e. The van der Waals surface area contributed by atoms with Gasteiger partial charge in [-0.3, -0.25) is 0 Å². The van der Waals surface area contributed by atoms with E-state index >= 15 is 0 Å². The number of hydrogen-bond acceptors (Lipinski definition) is 4. The second-order valence-electron chi connectivity index (χ2n) is 5.36. The Hall–Kier alpha value is -0.170. The molecule has 2 heterocycles. The molecule has 6 heteroatoms. The fourth-order valence-electron chi connectivity index (χ4n) is 2.71. The number of nitrogens with one attached hydrogen (secondary N) is 1. The van der Waals surface area contributed by atoms with Crippen LogP contribution in [0.15, 0.2) is 0 Å². The van der Waals surface area contributed by atoms with Crippen LogP contribution < -0.4 is 5.32 Å². The maximum atomic E-state index is 12.3. The summed E-state index contributed by atoms with van der Waals surface area (Å²) < 4.78 is 26.1. The third-order valence-corrected chi connectivity index (χ3v) is 6.00. The minimum atomic E-state index is -3.08. The summed E-state index contributed by atoms with van der Waals surface area (Å²) in [5.41, 5.74) is 0. The molecule has 0 aromatic heterocycles. The van der Waals surface area contributed by atoms with Crippen molar-refractivity contribution in [1.82, 2.24) is 14.5 Å². The van der Waals surface area contributed by atoms with Crippen molar-refractivity contribution in [3.8, 4) is 0 Å². The first-order chi connectivity index (χ1) is 7.99. The van der Waals surface area contributed by atoms with Crippen LogP contribution in [0.5, 0.6) is 0 Å². The first-order valence-electron chi connectivity index (χ1n) is 6.34. The quantitative estimate of drug-likeness (QED) is 0.745. The molecule has 0 aliphatic carbocycles. The van der Waals surface area contributed by atoms with Crippen molar-refractivity contribution in [1.29, 1.82) is 0 Å². The molecule has 2 atom stereocenters. The minimum absolute atomic E-state index is 0.166. The van der Waals surface area contributed by atoms with Crippen molar-refractivity contribution in [2.24, 2.45) is 5.92 Å². The Morgan fingerprint density at radius 2 is 2.18 bits per heavy atom. The van der Waals surface area contributed by atoms with Gasteiger partial charge in [0.05, 0.1) is 5.75 Å². The molecule has 5 nitrogen and oxygen atoms in total.